The average Bonchev–Trinajstić information content (AvgIpc) is 2.90. The van der Waals surface area contributed by atoms with Crippen LogP contribution in [0.4, 0.5) is 0 Å². The van der Waals surface area contributed by atoms with Crippen molar-refractivity contribution < 1.29 is 13.9 Å². The first-order valence-corrected chi connectivity index (χ1v) is 8.83. The normalized spacial score (nSPS) is 16.0. The number of furan rings is 1. The van der Waals surface area contributed by atoms with Gasteiger partial charge < -0.3 is 14.1 Å². The lowest BCUT2D eigenvalue weighted by Gasteiger charge is -2.21. The maximum Gasteiger partial charge on any atom is 0.257 e. The van der Waals surface area contributed by atoms with Crippen LogP contribution in [0.5, 0.6) is 5.75 Å². The molecule has 2 heterocycles. The van der Waals surface area contributed by atoms with E-state index < -0.39 is 0 Å². The number of hydrogen-bond acceptors (Lipinski definition) is 4. The molecule has 2 aromatic rings. The number of ether oxygens (including phenoxy) is 1. The average molecular weight is 393 g/mol. The van der Waals surface area contributed by atoms with Crippen LogP contribution < -0.4 is 4.74 Å². The number of benzene rings is 1. The van der Waals surface area contributed by atoms with Crippen molar-refractivity contribution in [3.8, 4) is 5.75 Å². The van der Waals surface area contributed by atoms with E-state index in [1.807, 2.05) is 17.0 Å². The maximum absolute atomic E-state index is 12.5. The number of methoxy groups -OCH3 is 1. The molecular formula is C18H21BrN2O3. The van der Waals surface area contributed by atoms with Crippen molar-refractivity contribution in [2.45, 2.75) is 13.0 Å². The van der Waals surface area contributed by atoms with E-state index in [0.29, 0.717) is 10.2 Å². The van der Waals surface area contributed by atoms with Gasteiger partial charge in [-0.15, -0.1) is 0 Å². The lowest BCUT2D eigenvalue weighted by atomic mass is 10.2. The van der Waals surface area contributed by atoms with Gasteiger partial charge in [0.25, 0.3) is 5.91 Å². The van der Waals surface area contributed by atoms with Gasteiger partial charge >= 0.3 is 0 Å². The van der Waals surface area contributed by atoms with Gasteiger partial charge in [0.05, 0.1) is 12.7 Å². The van der Waals surface area contributed by atoms with E-state index in [4.69, 9.17) is 9.15 Å². The Morgan fingerprint density at radius 3 is 2.67 bits per heavy atom. The van der Waals surface area contributed by atoms with Crippen molar-refractivity contribution in [2.24, 2.45) is 0 Å². The molecule has 1 aliphatic heterocycles. The zero-order valence-electron chi connectivity index (χ0n) is 13.7. The molecule has 3 rings (SSSR count). The minimum atomic E-state index is 0.0377. The second-order valence-corrected chi connectivity index (χ2v) is 6.69. The Morgan fingerprint density at radius 2 is 2.00 bits per heavy atom. The molecule has 0 spiro atoms. The van der Waals surface area contributed by atoms with Gasteiger partial charge in [0.2, 0.25) is 0 Å². The topological polar surface area (TPSA) is 45.9 Å². The number of amides is 1. The van der Waals surface area contributed by atoms with Gasteiger partial charge in [-0.05, 0) is 40.0 Å². The molecular weight excluding hydrogens is 372 g/mol. The molecule has 128 valence electrons. The number of nitrogens with zero attached hydrogens (tertiary/aromatic N) is 2. The van der Waals surface area contributed by atoms with E-state index in [2.05, 4.69) is 33.0 Å². The quantitative estimate of drug-likeness (QED) is 0.799. The summed E-state index contributed by atoms with van der Waals surface area (Å²) in [6.07, 6.45) is 2.48. The highest BCUT2D eigenvalue weighted by atomic mass is 79.9. The van der Waals surface area contributed by atoms with Crippen LogP contribution in [0.2, 0.25) is 0 Å². The van der Waals surface area contributed by atoms with Crippen molar-refractivity contribution in [1.82, 2.24) is 9.80 Å². The minimum Gasteiger partial charge on any atom is -0.497 e. The van der Waals surface area contributed by atoms with Crippen molar-refractivity contribution in [3.05, 3.63) is 52.4 Å². The summed E-state index contributed by atoms with van der Waals surface area (Å²) in [6, 6.07) is 9.88. The van der Waals surface area contributed by atoms with E-state index in [-0.39, 0.29) is 5.91 Å². The predicted octanol–water partition coefficient (Wildman–Crippen LogP) is 3.40. The summed E-state index contributed by atoms with van der Waals surface area (Å²) in [5.41, 5.74) is 1.86. The molecule has 0 radical (unpaired) electrons. The van der Waals surface area contributed by atoms with Crippen molar-refractivity contribution >= 4 is 21.8 Å². The molecule has 1 amide bonds. The van der Waals surface area contributed by atoms with E-state index in [0.717, 1.165) is 44.9 Å². The highest BCUT2D eigenvalue weighted by Gasteiger charge is 2.21. The molecule has 1 aliphatic rings. The highest BCUT2D eigenvalue weighted by molar-refractivity contribution is 9.10. The van der Waals surface area contributed by atoms with Crippen molar-refractivity contribution in [1.29, 1.82) is 0 Å². The maximum atomic E-state index is 12.5. The molecule has 24 heavy (non-hydrogen) atoms. The van der Waals surface area contributed by atoms with Gasteiger partial charge in [0.15, 0.2) is 4.67 Å². The van der Waals surface area contributed by atoms with Crippen molar-refractivity contribution in [3.63, 3.8) is 0 Å². The summed E-state index contributed by atoms with van der Waals surface area (Å²) < 4.78 is 11.0. The first-order valence-electron chi connectivity index (χ1n) is 8.04. The molecule has 0 aliphatic carbocycles. The van der Waals surface area contributed by atoms with Crippen LogP contribution in [0, 0.1) is 0 Å². The van der Waals surface area contributed by atoms with Crippen LogP contribution in [-0.4, -0.2) is 49.0 Å². The third-order valence-corrected chi connectivity index (χ3v) is 4.67. The van der Waals surface area contributed by atoms with E-state index in [1.165, 1.54) is 11.8 Å². The summed E-state index contributed by atoms with van der Waals surface area (Å²) in [4.78, 5) is 16.8. The first kappa shape index (κ1) is 17.0. The second-order valence-electron chi connectivity index (χ2n) is 5.91. The largest absolute Gasteiger partial charge is 0.497 e. The summed E-state index contributed by atoms with van der Waals surface area (Å²) in [5, 5.41) is 0. The molecule has 1 aromatic heterocycles. The molecule has 1 aromatic carbocycles. The summed E-state index contributed by atoms with van der Waals surface area (Å²) in [6.45, 7) is 4.27. The molecule has 6 heteroatoms. The van der Waals surface area contributed by atoms with Gasteiger partial charge in [0, 0.05) is 38.8 Å². The van der Waals surface area contributed by atoms with Gasteiger partial charge in [-0.3, -0.25) is 9.69 Å². The molecule has 0 saturated carbocycles. The minimum absolute atomic E-state index is 0.0377. The van der Waals surface area contributed by atoms with E-state index in [9.17, 15) is 4.79 Å². The number of carbonyl (C=O) groups is 1. The number of hydrogen-bond donors (Lipinski definition) is 0. The van der Waals surface area contributed by atoms with Crippen molar-refractivity contribution in [2.75, 3.05) is 33.3 Å². The standard InChI is InChI=1S/C18H21BrN2O3/c1-23-16-5-3-14(4-6-16)12-20-7-2-8-21(10-9-20)18(22)15-11-17(19)24-13-15/h3-6,11,13H,2,7-10,12H2,1H3. The van der Waals surface area contributed by atoms with Gasteiger partial charge in [0.1, 0.15) is 12.0 Å². The zero-order valence-corrected chi connectivity index (χ0v) is 15.3. The summed E-state index contributed by atoms with van der Waals surface area (Å²) >= 11 is 3.24. The number of halogens is 1. The Hall–Kier alpha value is -1.79. The zero-order chi connectivity index (χ0) is 16.9. The summed E-state index contributed by atoms with van der Waals surface area (Å²) in [5.74, 6) is 0.911. The Morgan fingerprint density at radius 1 is 1.21 bits per heavy atom. The van der Waals surface area contributed by atoms with Crippen LogP contribution in [0.1, 0.15) is 22.3 Å². The third-order valence-electron chi connectivity index (χ3n) is 4.26. The smallest absolute Gasteiger partial charge is 0.257 e. The van der Waals surface area contributed by atoms with Gasteiger partial charge in [-0.25, -0.2) is 0 Å². The Kier molecular flexibility index (Phi) is 5.58. The molecule has 0 atom stereocenters. The number of carbonyl (C=O) groups excluding carboxylic acids is 1. The molecule has 0 unspecified atom stereocenters. The molecule has 1 saturated heterocycles. The fraction of sp³-hybridized carbons (Fsp3) is 0.389. The summed E-state index contributed by atoms with van der Waals surface area (Å²) in [7, 11) is 1.67. The van der Waals surface area contributed by atoms with Gasteiger partial charge in [-0.2, -0.15) is 0 Å². The second kappa shape index (κ2) is 7.85. The Balaban J connectivity index is 1.57. The monoisotopic (exact) mass is 392 g/mol. The molecule has 1 fully saturated rings. The fourth-order valence-electron chi connectivity index (χ4n) is 2.93. The van der Waals surface area contributed by atoms with Crippen LogP contribution in [0.3, 0.4) is 0 Å². The third kappa shape index (κ3) is 4.19. The van der Waals surface area contributed by atoms with E-state index in [1.54, 1.807) is 13.2 Å². The van der Waals surface area contributed by atoms with Crippen LogP contribution in [-0.2, 0) is 6.54 Å². The van der Waals surface area contributed by atoms with Crippen LogP contribution in [0.25, 0.3) is 0 Å². The van der Waals surface area contributed by atoms with Gasteiger partial charge in [-0.1, -0.05) is 12.1 Å². The SMILES string of the molecule is COc1ccc(CN2CCCN(C(=O)c3coc(Br)c3)CC2)cc1. The predicted molar refractivity (Wildman–Crippen MR) is 95.2 cm³/mol. The fourth-order valence-corrected chi connectivity index (χ4v) is 3.27. The first-order chi connectivity index (χ1) is 11.7. The molecule has 5 nitrogen and oxygen atoms in total. The highest BCUT2D eigenvalue weighted by Crippen LogP contribution is 2.18. The van der Waals surface area contributed by atoms with Crippen LogP contribution in [0.15, 0.2) is 45.7 Å². The molecule has 0 bridgehead atoms. The lowest BCUT2D eigenvalue weighted by molar-refractivity contribution is 0.0760. The van der Waals surface area contributed by atoms with Crippen LogP contribution >= 0.6 is 15.9 Å². The Bertz CT molecular complexity index is 684. The van der Waals surface area contributed by atoms with E-state index >= 15 is 0 Å². The Labute approximate surface area is 150 Å². The number of rotatable bonds is 4. The molecule has 0 N–H and O–H groups in total. The lowest BCUT2D eigenvalue weighted by Crippen LogP contribution is -2.34.